The number of benzene rings is 12. The predicted octanol–water partition coefficient (Wildman–Crippen LogP) is 18.1. The molecule has 0 bridgehead atoms. The highest BCUT2D eigenvalue weighted by molar-refractivity contribution is 6.14. The number of hydrogen-bond donors (Lipinski definition) is 0. The number of rotatable bonds is 6. The van der Waals surface area contributed by atoms with E-state index in [1.54, 1.807) is 0 Å². The fraction of sp³-hybridized carbons (Fsp3) is 0.0278. The van der Waals surface area contributed by atoms with Crippen molar-refractivity contribution in [3.8, 4) is 39.1 Å². The summed E-state index contributed by atoms with van der Waals surface area (Å²) < 4.78 is 54.0. The molecule has 74 heavy (non-hydrogen) atoms. The smallest absolute Gasteiger partial charge is 0.0725 e. The Morgan fingerprint density at radius 2 is 0.811 bits per heavy atom. The zero-order chi connectivity index (χ0) is 52.9. The predicted molar refractivity (Wildman–Crippen MR) is 307 cm³/mol. The third-order valence-corrected chi connectivity index (χ3v) is 16.4. The molecule has 0 radical (unpaired) electrons. The first-order chi connectivity index (χ1) is 38.8. The quantitative estimate of drug-likeness (QED) is 0.161. The highest BCUT2D eigenvalue weighted by atomic mass is 15.1. The molecule has 16 rings (SSSR count). The normalized spacial score (nSPS) is 14.8. The van der Waals surface area contributed by atoms with Crippen LogP contribution in [0.25, 0.3) is 71.6 Å². The van der Waals surface area contributed by atoms with E-state index < -0.39 is 10.8 Å². The minimum Gasteiger partial charge on any atom is -0.310 e. The van der Waals surface area contributed by atoms with Gasteiger partial charge in [-0.3, -0.25) is 0 Å². The summed E-state index contributed by atoms with van der Waals surface area (Å²) in [6, 6.07) is 86.3. The number of fused-ring (bicyclic) bond motifs is 15. The van der Waals surface area contributed by atoms with E-state index in [0.717, 1.165) is 106 Å². The number of anilines is 3. The maximum Gasteiger partial charge on any atom is 0.0725 e. The summed E-state index contributed by atoms with van der Waals surface area (Å²) in [6.45, 7) is 0. The van der Waals surface area contributed by atoms with Gasteiger partial charge in [0.25, 0.3) is 0 Å². The summed E-state index contributed by atoms with van der Waals surface area (Å²) in [7, 11) is 0. The van der Waals surface area contributed by atoms with Crippen molar-refractivity contribution in [2.45, 2.75) is 10.8 Å². The van der Waals surface area contributed by atoms with Gasteiger partial charge in [0, 0.05) is 33.2 Å². The van der Waals surface area contributed by atoms with Crippen molar-refractivity contribution in [1.82, 2.24) is 4.57 Å². The van der Waals surface area contributed by atoms with E-state index >= 15 is 0 Å². The van der Waals surface area contributed by atoms with E-state index in [2.05, 4.69) is 222 Å². The second kappa shape index (κ2) is 15.5. The molecule has 1 heterocycles. The Kier molecular flexibility index (Phi) is 7.63. The third kappa shape index (κ3) is 5.33. The van der Waals surface area contributed by atoms with Crippen molar-refractivity contribution in [1.29, 1.82) is 0 Å². The molecule has 2 heteroatoms. The van der Waals surface area contributed by atoms with Crippen molar-refractivity contribution in [2.24, 2.45) is 0 Å². The fourth-order valence-electron chi connectivity index (χ4n) is 13.6. The maximum absolute atomic E-state index is 10.9. The number of para-hydroxylation sites is 2. The third-order valence-electron chi connectivity index (χ3n) is 16.4. The van der Waals surface area contributed by atoms with E-state index in [9.17, 15) is 6.85 Å². The first-order valence-electron chi connectivity index (χ1n) is 27.9. The Morgan fingerprint density at radius 3 is 1.45 bits per heavy atom. The Bertz CT molecular complexity index is 4650. The molecule has 0 unspecified atom stereocenters. The van der Waals surface area contributed by atoms with Crippen LogP contribution in [0.15, 0.2) is 279 Å². The number of hydrogen-bond acceptors (Lipinski definition) is 1. The molecule has 13 aromatic rings. The van der Waals surface area contributed by atoms with Gasteiger partial charge in [-0.1, -0.05) is 224 Å². The second-order valence-electron chi connectivity index (χ2n) is 19.8. The monoisotopic (exact) mass is 943 g/mol. The summed E-state index contributed by atoms with van der Waals surface area (Å²) in [4.78, 5) is 2.09. The van der Waals surface area contributed by atoms with Crippen LogP contribution in [0.1, 0.15) is 51.4 Å². The molecule has 3 aliphatic rings. The number of aromatic nitrogens is 1. The van der Waals surface area contributed by atoms with E-state index in [1.165, 1.54) is 0 Å². The van der Waals surface area contributed by atoms with E-state index in [1.807, 2.05) is 36.4 Å². The molecule has 0 saturated heterocycles. The molecule has 12 aromatic carbocycles. The lowest BCUT2D eigenvalue weighted by Gasteiger charge is -2.41. The Morgan fingerprint density at radius 1 is 0.324 bits per heavy atom. The zero-order valence-electron chi connectivity index (χ0n) is 45.1. The molecule has 0 fully saturated rings. The fourth-order valence-corrected chi connectivity index (χ4v) is 13.6. The lowest BCUT2D eigenvalue weighted by atomic mass is 9.61. The highest BCUT2D eigenvalue weighted by Crippen LogP contribution is 2.63. The lowest BCUT2D eigenvalue weighted by molar-refractivity contribution is 0.768. The van der Waals surface area contributed by atoms with Crippen LogP contribution in [-0.2, 0) is 10.8 Å². The van der Waals surface area contributed by atoms with Gasteiger partial charge in [-0.15, -0.1) is 0 Å². The van der Waals surface area contributed by atoms with Crippen molar-refractivity contribution in [3.05, 3.63) is 323 Å². The van der Waals surface area contributed by atoms with E-state index in [-0.39, 0.29) is 30.2 Å². The largest absolute Gasteiger partial charge is 0.310 e. The van der Waals surface area contributed by atoms with Gasteiger partial charge < -0.3 is 9.47 Å². The van der Waals surface area contributed by atoms with Gasteiger partial charge in [0.1, 0.15) is 0 Å². The van der Waals surface area contributed by atoms with Gasteiger partial charge in [-0.2, -0.15) is 0 Å². The van der Waals surface area contributed by atoms with Crippen LogP contribution in [0.4, 0.5) is 17.1 Å². The van der Waals surface area contributed by atoms with E-state index in [4.69, 9.17) is 0 Å². The molecular weight excluding hydrogens is 893 g/mol. The molecule has 0 amide bonds. The molecule has 0 aliphatic heterocycles. The standard InChI is InChI=1S/C72H46N2/c1-4-21-47(22-5-1)71(48-23-6-2-7-24-48)61-34-15-10-29-54(61)56-41-39-51(46-66(56)71)73(50-40-43-69-60(45-50)57-31-14-19-38-67(57)74(69)49-25-8-3-9-26-49)68-44-42-65-70-58(32-20-33-59(68)70)55-30-13-18-37-64(55)72(65)62-35-16-11-27-52(62)53-28-12-17-36-63(53)72/h1-46H/i20D,32D,33D,42D,44D. The summed E-state index contributed by atoms with van der Waals surface area (Å²) in [5.41, 5.74) is 16.4. The van der Waals surface area contributed by atoms with Gasteiger partial charge in [0.15, 0.2) is 0 Å². The molecule has 3 aliphatic carbocycles. The van der Waals surface area contributed by atoms with Crippen LogP contribution in [0.2, 0.25) is 0 Å². The van der Waals surface area contributed by atoms with Crippen LogP contribution in [0, 0.1) is 0 Å². The second-order valence-corrected chi connectivity index (χ2v) is 19.8. The average molecular weight is 944 g/mol. The SMILES string of the molecule is [2H]c1c([2H])c2c3c(c([2H])c([2H])c(N(c4ccc5c(c4)C(c4ccccc4)(c4ccccc4)c4ccccc4-5)c4ccc5c(c4)c4ccccc4n5-c4ccccc4)c3c1[2H])C1(c3ccccc3-c3ccccc31)c1ccccc1-2. The van der Waals surface area contributed by atoms with Crippen molar-refractivity contribution >= 4 is 49.6 Å². The summed E-state index contributed by atoms with van der Waals surface area (Å²) >= 11 is 0. The maximum atomic E-state index is 10.9. The first kappa shape index (κ1) is 36.4. The lowest BCUT2D eigenvalue weighted by Crippen LogP contribution is -2.32. The van der Waals surface area contributed by atoms with Crippen LogP contribution >= 0.6 is 0 Å². The van der Waals surface area contributed by atoms with Gasteiger partial charge >= 0.3 is 0 Å². The van der Waals surface area contributed by atoms with Crippen molar-refractivity contribution < 1.29 is 6.85 Å². The van der Waals surface area contributed by atoms with Gasteiger partial charge in [0.2, 0.25) is 0 Å². The van der Waals surface area contributed by atoms with Crippen molar-refractivity contribution in [2.75, 3.05) is 4.90 Å². The highest BCUT2D eigenvalue weighted by Gasteiger charge is 2.51. The molecule has 0 N–H and O–H groups in total. The van der Waals surface area contributed by atoms with Gasteiger partial charge in [-0.25, -0.2) is 0 Å². The molecule has 1 aromatic heterocycles. The average Bonchev–Trinajstić information content (AvgIpc) is 2.24. The topological polar surface area (TPSA) is 8.17 Å². The van der Waals surface area contributed by atoms with Crippen LogP contribution in [0.5, 0.6) is 0 Å². The van der Waals surface area contributed by atoms with Crippen molar-refractivity contribution in [3.63, 3.8) is 0 Å². The molecule has 2 nitrogen and oxygen atoms in total. The van der Waals surface area contributed by atoms with Crippen LogP contribution in [0.3, 0.4) is 0 Å². The van der Waals surface area contributed by atoms with Gasteiger partial charge in [0.05, 0.1) is 34.4 Å². The minimum absolute atomic E-state index is 0.00420. The van der Waals surface area contributed by atoms with Crippen LogP contribution in [-0.4, -0.2) is 4.57 Å². The van der Waals surface area contributed by atoms with Gasteiger partial charge in [-0.05, 0) is 138 Å². The van der Waals surface area contributed by atoms with E-state index in [0.29, 0.717) is 27.6 Å². The molecule has 1 spiro atoms. The summed E-state index contributed by atoms with van der Waals surface area (Å²) in [5.74, 6) is 0. The molecule has 344 valence electrons. The summed E-state index contributed by atoms with van der Waals surface area (Å²) in [5, 5.41) is 2.95. The number of nitrogens with zero attached hydrogens (tertiary/aromatic N) is 2. The Hall–Kier alpha value is -9.50. The Balaban J connectivity index is 1.07. The molecule has 0 atom stereocenters. The zero-order valence-corrected chi connectivity index (χ0v) is 40.1. The Labute approximate surface area is 437 Å². The minimum atomic E-state index is -1.09. The molecular formula is C72H46N2. The van der Waals surface area contributed by atoms with Crippen LogP contribution < -0.4 is 4.90 Å². The first-order valence-corrected chi connectivity index (χ1v) is 25.4. The summed E-state index contributed by atoms with van der Waals surface area (Å²) in [6.07, 6.45) is 0. The molecule has 0 saturated carbocycles.